The van der Waals surface area contributed by atoms with Crippen LogP contribution in [0.4, 0.5) is 4.39 Å². The summed E-state index contributed by atoms with van der Waals surface area (Å²) >= 11 is 0. The van der Waals surface area contributed by atoms with Gasteiger partial charge in [-0.3, -0.25) is 10.0 Å². The fourth-order valence-electron chi connectivity index (χ4n) is 3.91. The number of rotatable bonds is 6. The van der Waals surface area contributed by atoms with Crippen molar-refractivity contribution in [3.05, 3.63) is 47.5 Å². The Balaban J connectivity index is 1.51. The number of hydrogen-bond donors (Lipinski definition) is 3. The van der Waals surface area contributed by atoms with Crippen LogP contribution in [0, 0.1) is 11.7 Å². The largest absolute Gasteiger partial charge is 0.348 e. The Kier molecular flexibility index (Phi) is 7.54. The number of piperidine rings is 1. The fraction of sp³-hybridized carbons (Fsp3) is 0.409. The zero-order chi connectivity index (χ0) is 22.4. The Labute approximate surface area is 181 Å². The van der Waals surface area contributed by atoms with E-state index in [0.717, 1.165) is 43.4 Å². The second-order valence-corrected chi connectivity index (χ2v) is 7.80. The predicted molar refractivity (Wildman–Crippen MR) is 120 cm³/mol. The zero-order valence-corrected chi connectivity index (χ0v) is 17.9. The van der Waals surface area contributed by atoms with E-state index in [0.29, 0.717) is 23.9 Å². The lowest BCUT2D eigenvalue weighted by Crippen LogP contribution is -2.40. The number of nitrogens with zero attached hydrogens (tertiary/aromatic N) is 4. The van der Waals surface area contributed by atoms with E-state index in [1.165, 1.54) is 12.3 Å². The second-order valence-electron chi connectivity index (χ2n) is 7.80. The normalized spacial score (nSPS) is 16.1. The van der Waals surface area contributed by atoms with Gasteiger partial charge in [0.05, 0.1) is 5.52 Å². The molecule has 1 amide bonds. The molecular weight excluding hydrogens is 399 g/mol. The number of aliphatic imine (C=N–C) groups is 2. The zero-order valence-electron chi connectivity index (χ0n) is 17.9. The van der Waals surface area contributed by atoms with Gasteiger partial charge in [-0.1, -0.05) is 12.1 Å². The molecule has 1 fully saturated rings. The van der Waals surface area contributed by atoms with Crippen LogP contribution in [0.25, 0.3) is 10.9 Å². The maximum absolute atomic E-state index is 14.1. The number of halogens is 1. The van der Waals surface area contributed by atoms with Gasteiger partial charge in [0.1, 0.15) is 5.82 Å². The molecule has 8 nitrogen and oxygen atoms in total. The Hall–Kier alpha value is -3.04. The van der Waals surface area contributed by atoms with Crippen molar-refractivity contribution in [1.29, 1.82) is 0 Å². The van der Waals surface area contributed by atoms with Gasteiger partial charge in [-0.2, -0.15) is 0 Å². The number of para-hydroxylation sites is 1. The summed E-state index contributed by atoms with van der Waals surface area (Å²) in [6.45, 7) is 8.29. The van der Waals surface area contributed by atoms with Crippen LogP contribution in [0.5, 0.6) is 0 Å². The lowest BCUT2D eigenvalue weighted by atomic mass is 9.97. The molecule has 9 heteroatoms. The quantitative estimate of drug-likeness (QED) is 0.217. The molecule has 0 atom stereocenters. The Morgan fingerprint density at radius 1 is 1.39 bits per heavy atom. The first-order valence-corrected chi connectivity index (χ1v) is 10.3. The number of benzene rings is 1. The highest BCUT2D eigenvalue weighted by Gasteiger charge is 2.21. The van der Waals surface area contributed by atoms with E-state index in [-0.39, 0.29) is 11.4 Å². The minimum Gasteiger partial charge on any atom is -0.348 e. The first-order valence-electron chi connectivity index (χ1n) is 10.3. The van der Waals surface area contributed by atoms with Crippen LogP contribution in [-0.4, -0.2) is 52.9 Å². The van der Waals surface area contributed by atoms with Crippen LogP contribution < -0.4 is 10.8 Å². The van der Waals surface area contributed by atoms with Crippen molar-refractivity contribution in [2.45, 2.75) is 26.3 Å². The molecule has 1 aromatic carbocycles. The number of hydroxylamine groups is 1. The van der Waals surface area contributed by atoms with E-state index in [1.54, 1.807) is 18.5 Å². The number of nitrogens with one attached hydrogen (secondary N) is 2. The van der Waals surface area contributed by atoms with E-state index in [4.69, 9.17) is 5.21 Å². The van der Waals surface area contributed by atoms with Gasteiger partial charge in [0.2, 0.25) is 5.96 Å². The van der Waals surface area contributed by atoms with Gasteiger partial charge in [-0.05, 0) is 50.6 Å². The van der Waals surface area contributed by atoms with Gasteiger partial charge in [-0.25, -0.2) is 19.9 Å². The lowest BCUT2D eigenvalue weighted by molar-refractivity contribution is -0.125. The number of guanidine groups is 1. The molecule has 0 unspecified atom stereocenters. The third-order valence-electron chi connectivity index (χ3n) is 5.66. The van der Waals surface area contributed by atoms with Crippen molar-refractivity contribution in [1.82, 2.24) is 20.3 Å². The molecule has 0 radical (unpaired) electrons. The summed E-state index contributed by atoms with van der Waals surface area (Å²) in [5.41, 5.74) is 3.58. The summed E-state index contributed by atoms with van der Waals surface area (Å²) in [6.07, 6.45) is 5.31. The standard InChI is InChI=1S/C22H29FN6O2/c1-15(21(30)27-31)11-26-22(24-2)29-9-7-16(8-10-29)12-25-13-17-14-28(3)20-18(17)5-4-6-19(20)23/h4-6,11,14,16,25,31H,2,7-10,12-13H2,1,3H3,(H,27,30)/b15-11+,26-22+. The average molecular weight is 429 g/mol. The molecule has 1 aliphatic heterocycles. The van der Waals surface area contributed by atoms with Gasteiger partial charge < -0.3 is 14.8 Å². The number of fused-ring (bicyclic) bond motifs is 1. The summed E-state index contributed by atoms with van der Waals surface area (Å²) in [6, 6.07) is 5.19. The number of carbonyl (C=O) groups excluding carboxylic acids is 1. The highest BCUT2D eigenvalue weighted by atomic mass is 19.1. The third kappa shape index (κ3) is 5.36. The van der Waals surface area contributed by atoms with Crippen LogP contribution in [0.15, 0.2) is 46.2 Å². The van der Waals surface area contributed by atoms with Gasteiger partial charge in [0, 0.05) is 50.0 Å². The minimum absolute atomic E-state index is 0.200. The molecule has 2 aromatic rings. The highest BCUT2D eigenvalue weighted by Crippen LogP contribution is 2.23. The van der Waals surface area contributed by atoms with E-state index in [1.807, 2.05) is 28.8 Å². The van der Waals surface area contributed by atoms with Gasteiger partial charge in [0.15, 0.2) is 0 Å². The fourth-order valence-corrected chi connectivity index (χ4v) is 3.91. The number of likely N-dealkylation sites (tertiary alicyclic amines) is 1. The van der Waals surface area contributed by atoms with Crippen molar-refractivity contribution < 1.29 is 14.4 Å². The number of hydrogen-bond acceptors (Lipinski definition) is 4. The van der Waals surface area contributed by atoms with E-state index in [9.17, 15) is 9.18 Å². The lowest BCUT2D eigenvalue weighted by Gasteiger charge is -2.32. The first kappa shape index (κ1) is 22.6. The Bertz CT molecular complexity index is 1000. The molecule has 0 bridgehead atoms. The molecule has 3 N–H and O–H groups in total. The summed E-state index contributed by atoms with van der Waals surface area (Å²) < 4.78 is 15.9. The molecule has 1 saturated heterocycles. The van der Waals surface area contributed by atoms with Crippen LogP contribution in [0.1, 0.15) is 25.3 Å². The molecule has 2 heterocycles. The van der Waals surface area contributed by atoms with Crippen LogP contribution in [0.3, 0.4) is 0 Å². The Morgan fingerprint density at radius 3 is 2.81 bits per heavy atom. The van der Waals surface area contributed by atoms with Gasteiger partial charge >= 0.3 is 0 Å². The van der Waals surface area contributed by atoms with E-state index in [2.05, 4.69) is 22.0 Å². The SMILES string of the molecule is C=N/C(=N\C=C(/C)C(=O)NO)N1CCC(CNCc2cn(C)c3c(F)cccc23)CC1. The molecule has 166 valence electrons. The monoisotopic (exact) mass is 428 g/mol. The molecular formula is C22H29FN6O2. The summed E-state index contributed by atoms with van der Waals surface area (Å²) in [5, 5.41) is 13.1. The second kappa shape index (κ2) is 10.3. The van der Waals surface area contributed by atoms with E-state index < -0.39 is 5.91 Å². The van der Waals surface area contributed by atoms with E-state index >= 15 is 0 Å². The topological polar surface area (TPSA) is 94.2 Å². The van der Waals surface area contributed by atoms with Crippen LogP contribution >= 0.6 is 0 Å². The minimum atomic E-state index is -0.606. The molecule has 31 heavy (non-hydrogen) atoms. The summed E-state index contributed by atoms with van der Waals surface area (Å²) in [4.78, 5) is 21.6. The number of aryl methyl sites for hydroxylation is 1. The molecule has 0 spiro atoms. The number of aromatic nitrogens is 1. The number of amides is 1. The Morgan fingerprint density at radius 2 is 2.13 bits per heavy atom. The third-order valence-corrected chi connectivity index (χ3v) is 5.66. The van der Waals surface area contributed by atoms with Crippen LogP contribution in [0.2, 0.25) is 0 Å². The molecule has 0 aliphatic carbocycles. The van der Waals surface area contributed by atoms with Crippen molar-refractivity contribution in [2.24, 2.45) is 23.0 Å². The van der Waals surface area contributed by atoms with Crippen LogP contribution in [-0.2, 0) is 18.4 Å². The van der Waals surface area contributed by atoms with Gasteiger partial charge in [-0.15, -0.1) is 0 Å². The van der Waals surface area contributed by atoms with Crippen molar-refractivity contribution >= 4 is 29.5 Å². The number of carbonyl (C=O) groups is 1. The van der Waals surface area contributed by atoms with Crippen molar-refractivity contribution in [3.63, 3.8) is 0 Å². The molecule has 1 aliphatic rings. The summed E-state index contributed by atoms with van der Waals surface area (Å²) in [5.74, 6) is 0.181. The molecule has 0 saturated carbocycles. The summed E-state index contributed by atoms with van der Waals surface area (Å²) in [7, 11) is 1.87. The van der Waals surface area contributed by atoms with Crippen molar-refractivity contribution in [3.8, 4) is 0 Å². The first-order chi connectivity index (χ1) is 14.9. The smallest absolute Gasteiger partial charge is 0.271 e. The molecule has 1 aromatic heterocycles. The predicted octanol–water partition coefficient (Wildman–Crippen LogP) is 2.58. The average Bonchev–Trinajstić information content (AvgIpc) is 3.11. The maximum atomic E-state index is 14.1. The maximum Gasteiger partial charge on any atom is 0.271 e. The molecule has 3 rings (SSSR count). The highest BCUT2D eigenvalue weighted by molar-refractivity contribution is 5.92. The van der Waals surface area contributed by atoms with Gasteiger partial charge in [0.25, 0.3) is 5.91 Å². The van der Waals surface area contributed by atoms with Crippen molar-refractivity contribution in [2.75, 3.05) is 19.6 Å².